The monoisotopic (exact) mass is 354 g/mol. The van der Waals surface area contributed by atoms with Gasteiger partial charge in [0.25, 0.3) is 0 Å². The Morgan fingerprint density at radius 2 is 2.04 bits per heavy atom. The normalized spacial score (nSPS) is 24.4. The van der Waals surface area contributed by atoms with Crippen molar-refractivity contribution in [3.63, 3.8) is 0 Å². The number of halogens is 1. The number of H-pyrrole nitrogens is 1. The van der Waals surface area contributed by atoms with Crippen LogP contribution in [-0.2, 0) is 6.54 Å². The molecule has 0 saturated carbocycles. The van der Waals surface area contributed by atoms with Crippen molar-refractivity contribution in [1.82, 2.24) is 19.8 Å². The van der Waals surface area contributed by atoms with Crippen LogP contribution in [0.15, 0.2) is 36.7 Å². The van der Waals surface area contributed by atoms with Crippen molar-refractivity contribution < 1.29 is 4.39 Å². The van der Waals surface area contributed by atoms with Crippen molar-refractivity contribution in [2.24, 2.45) is 5.92 Å². The average Bonchev–Trinajstić information content (AvgIpc) is 2.85. The average molecular weight is 354 g/mol. The zero-order chi connectivity index (χ0) is 17.9. The van der Waals surface area contributed by atoms with Crippen LogP contribution in [0.4, 0.5) is 4.39 Å². The van der Waals surface area contributed by atoms with Gasteiger partial charge in [-0.25, -0.2) is 9.37 Å². The summed E-state index contributed by atoms with van der Waals surface area (Å²) in [7, 11) is 0. The lowest BCUT2D eigenvalue weighted by Gasteiger charge is -2.35. The van der Waals surface area contributed by atoms with E-state index in [9.17, 15) is 4.39 Å². The van der Waals surface area contributed by atoms with Crippen LogP contribution in [0.3, 0.4) is 0 Å². The van der Waals surface area contributed by atoms with E-state index >= 15 is 0 Å². The van der Waals surface area contributed by atoms with Crippen LogP contribution >= 0.6 is 0 Å². The highest BCUT2D eigenvalue weighted by Crippen LogP contribution is 2.28. The van der Waals surface area contributed by atoms with Crippen LogP contribution in [0.2, 0.25) is 0 Å². The van der Waals surface area contributed by atoms with Crippen LogP contribution in [0.1, 0.15) is 29.8 Å². The molecule has 0 amide bonds. The van der Waals surface area contributed by atoms with Crippen molar-refractivity contribution in [1.29, 1.82) is 0 Å². The van der Waals surface area contributed by atoms with Crippen LogP contribution < -0.4 is 0 Å². The summed E-state index contributed by atoms with van der Waals surface area (Å²) in [5, 5.41) is 0. The van der Waals surface area contributed by atoms with Crippen LogP contribution in [0, 0.1) is 18.7 Å². The molecule has 2 bridgehead atoms. The van der Waals surface area contributed by atoms with Gasteiger partial charge in [0, 0.05) is 44.5 Å². The van der Waals surface area contributed by atoms with Gasteiger partial charge in [-0.2, -0.15) is 0 Å². The van der Waals surface area contributed by atoms with Crippen LogP contribution in [-0.4, -0.2) is 52.0 Å². The van der Waals surface area contributed by atoms with E-state index in [2.05, 4.69) is 38.8 Å². The van der Waals surface area contributed by atoms with Gasteiger partial charge in [-0.1, -0.05) is 24.3 Å². The summed E-state index contributed by atoms with van der Waals surface area (Å²) in [6, 6.07) is 7.30. The van der Waals surface area contributed by atoms with Gasteiger partial charge in [-0.3, -0.25) is 9.80 Å². The van der Waals surface area contributed by atoms with Crippen molar-refractivity contribution >= 4 is 6.08 Å². The molecule has 5 heteroatoms. The minimum atomic E-state index is -0.181. The van der Waals surface area contributed by atoms with E-state index in [1.165, 1.54) is 49.5 Å². The number of fused-ring (bicyclic) bond motifs is 4. The number of piperidine rings is 1. The molecule has 1 aromatic heterocycles. The van der Waals surface area contributed by atoms with Gasteiger partial charge in [-0.15, -0.1) is 0 Å². The number of hydrogen-bond acceptors (Lipinski definition) is 3. The van der Waals surface area contributed by atoms with Gasteiger partial charge in [0.05, 0.1) is 12.0 Å². The molecule has 26 heavy (non-hydrogen) atoms. The quantitative estimate of drug-likeness (QED) is 0.893. The minimum absolute atomic E-state index is 0.181. The van der Waals surface area contributed by atoms with Crippen molar-refractivity contribution in [2.75, 3.05) is 26.2 Å². The molecule has 0 unspecified atom stereocenters. The first-order valence-corrected chi connectivity index (χ1v) is 9.55. The SMILES string of the molecule is Cc1[nH]cnc1CN1C[C@@H]2CC[C@H](C1)N(C/C=C/c1ccc(F)cc1)C2. The second kappa shape index (κ2) is 7.72. The summed E-state index contributed by atoms with van der Waals surface area (Å²) in [5.74, 6) is 0.562. The van der Waals surface area contributed by atoms with E-state index in [1.54, 1.807) is 6.33 Å². The molecular weight excluding hydrogens is 327 g/mol. The summed E-state index contributed by atoms with van der Waals surface area (Å²) in [4.78, 5) is 12.9. The Bertz CT molecular complexity index is 752. The van der Waals surface area contributed by atoms with Gasteiger partial charge in [-0.05, 0) is 43.4 Å². The number of nitrogens with one attached hydrogen (secondary N) is 1. The minimum Gasteiger partial charge on any atom is -0.348 e. The maximum absolute atomic E-state index is 13.0. The number of imidazole rings is 1. The summed E-state index contributed by atoms with van der Waals surface area (Å²) >= 11 is 0. The van der Waals surface area contributed by atoms with Gasteiger partial charge in [0.15, 0.2) is 0 Å². The Hall–Kier alpha value is -1.98. The number of benzene rings is 1. The van der Waals surface area contributed by atoms with E-state index in [4.69, 9.17) is 0 Å². The fraction of sp³-hybridized carbons (Fsp3) is 0.476. The molecule has 0 radical (unpaired) electrons. The summed E-state index contributed by atoms with van der Waals surface area (Å²) in [6.07, 6.45) is 8.73. The van der Waals surface area contributed by atoms with Crippen molar-refractivity contribution in [2.45, 2.75) is 32.4 Å². The molecule has 3 fully saturated rings. The van der Waals surface area contributed by atoms with Gasteiger partial charge in [0.1, 0.15) is 5.82 Å². The van der Waals surface area contributed by atoms with E-state index in [1.807, 2.05) is 12.1 Å². The Morgan fingerprint density at radius 3 is 2.81 bits per heavy atom. The molecule has 2 atom stereocenters. The highest BCUT2D eigenvalue weighted by atomic mass is 19.1. The molecule has 4 heterocycles. The molecule has 0 spiro atoms. The van der Waals surface area contributed by atoms with Crippen LogP contribution in [0.25, 0.3) is 6.08 Å². The zero-order valence-corrected chi connectivity index (χ0v) is 15.4. The Balaban J connectivity index is 1.37. The highest BCUT2D eigenvalue weighted by Gasteiger charge is 2.34. The summed E-state index contributed by atoms with van der Waals surface area (Å²) in [5.41, 5.74) is 3.41. The smallest absolute Gasteiger partial charge is 0.123 e. The first-order valence-electron chi connectivity index (χ1n) is 9.55. The molecule has 3 saturated heterocycles. The second-order valence-electron chi connectivity index (χ2n) is 7.67. The molecule has 1 N–H and O–H groups in total. The first-order chi connectivity index (χ1) is 12.7. The standard InChI is InChI=1S/C21H27FN4/c1-16-21(24-15-23-16)14-25-11-18-6-9-20(13-25)26(12-18)10-2-3-17-4-7-19(22)8-5-17/h2-5,7-8,15,18,20H,6,9-14H2,1H3,(H,23,24)/b3-2+/t18-,20+/m0/s1. The molecule has 138 valence electrons. The van der Waals surface area contributed by atoms with Crippen molar-refractivity contribution in [3.8, 4) is 0 Å². The third kappa shape index (κ3) is 4.05. The molecule has 3 aliphatic rings. The van der Waals surface area contributed by atoms with Crippen molar-refractivity contribution in [3.05, 3.63) is 59.4 Å². The lowest BCUT2D eigenvalue weighted by molar-refractivity contribution is 0.146. The fourth-order valence-corrected chi connectivity index (χ4v) is 4.29. The maximum Gasteiger partial charge on any atom is 0.123 e. The van der Waals surface area contributed by atoms with E-state index < -0.39 is 0 Å². The molecule has 2 aromatic rings. The van der Waals surface area contributed by atoms with Crippen LogP contribution in [0.5, 0.6) is 0 Å². The zero-order valence-electron chi connectivity index (χ0n) is 15.4. The predicted molar refractivity (Wildman–Crippen MR) is 102 cm³/mol. The van der Waals surface area contributed by atoms with E-state index in [0.29, 0.717) is 6.04 Å². The Morgan fingerprint density at radius 1 is 1.19 bits per heavy atom. The topological polar surface area (TPSA) is 35.2 Å². The second-order valence-corrected chi connectivity index (χ2v) is 7.67. The van der Waals surface area contributed by atoms with Gasteiger partial charge in [0.2, 0.25) is 0 Å². The fourth-order valence-electron chi connectivity index (χ4n) is 4.29. The van der Waals surface area contributed by atoms with Gasteiger partial charge >= 0.3 is 0 Å². The largest absolute Gasteiger partial charge is 0.348 e. The Kier molecular flexibility index (Phi) is 5.18. The summed E-state index contributed by atoms with van der Waals surface area (Å²) in [6.45, 7) is 7.47. The predicted octanol–water partition coefficient (Wildman–Crippen LogP) is 3.47. The Labute approximate surface area is 154 Å². The third-order valence-electron chi connectivity index (χ3n) is 5.73. The highest BCUT2D eigenvalue weighted by molar-refractivity contribution is 5.49. The molecule has 3 aliphatic heterocycles. The number of aromatic nitrogens is 2. The number of aromatic amines is 1. The van der Waals surface area contributed by atoms with E-state index in [0.717, 1.165) is 31.1 Å². The summed E-state index contributed by atoms with van der Waals surface area (Å²) < 4.78 is 13.0. The lowest BCUT2D eigenvalue weighted by Crippen LogP contribution is -2.43. The number of hydrogen-bond donors (Lipinski definition) is 1. The lowest BCUT2D eigenvalue weighted by atomic mass is 9.95. The molecular formula is C21H27FN4. The number of nitrogens with zero attached hydrogens (tertiary/aromatic N) is 3. The third-order valence-corrected chi connectivity index (χ3v) is 5.73. The molecule has 5 rings (SSSR count). The molecule has 1 aromatic carbocycles. The number of rotatable bonds is 5. The van der Waals surface area contributed by atoms with Gasteiger partial charge < -0.3 is 4.98 Å². The molecule has 0 aliphatic carbocycles. The van der Waals surface area contributed by atoms with E-state index in [-0.39, 0.29) is 5.82 Å². The number of aryl methyl sites for hydroxylation is 1. The first kappa shape index (κ1) is 17.4. The maximum atomic E-state index is 13.0. The molecule has 4 nitrogen and oxygen atoms in total.